The molecular formula is C17H31N3. The Balaban J connectivity index is 1.97. The summed E-state index contributed by atoms with van der Waals surface area (Å²) in [5, 5.41) is 8.38. The van der Waals surface area contributed by atoms with Crippen LogP contribution in [0.3, 0.4) is 0 Å². The van der Waals surface area contributed by atoms with Gasteiger partial charge in [0, 0.05) is 5.69 Å². The van der Waals surface area contributed by atoms with Crippen LogP contribution in [0.1, 0.15) is 68.9 Å². The molecule has 114 valence electrons. The maximum absolute atomic E-state index is 4.84. The monoisotopic (exact) mass is 277 g/mol. The van der Waals surface area contributed by atoms with Gasteiger partial charge in [-0.2, -0.15) is 5.10 Å². The predicted molar refractivity (Wildman–Crippen MR) is 85.2 cm³/mol. The molecule has 2 rings (SSSR count). The van der Waals surface area contributed by atoms with Gasteiger partial charge in [0.2, 0.25) is 0 Å². The smallest absolute Gasteiger partial charge is 0.0629 e. The van der Waals surface area contributed by atoms with Crippen molar-refractivity contribution in [1.29, 1.82) is 0 Å². The molecule has 20 heavy (non-hydrogen) atoms. The third-order valence-corrected chi connectivity index (χ3v) is 4.50. The second-order valence-electron chi connectivity index (χ2n) is 6.73. The number of hydrogen-bond acceptors (Lipinski definition) is 2. The van der Waals surface area contributed by atoms with Gasteiger partial charge < -0.3 is 5.32 Å². The van der Waals surface area contributed by atoms with Crippen molar-refractivity contribution in [3.05, 3.63) is 17.0 Å². The maximum Gasteiger partial charge on any atom is 0.0629 e. The van der Waals surface area contributed by atoms with E-state index < -0.39 is 0 Å². The van der Waals surface area contributed by atoms with Gasteiger partial charge in [0.1, 0.15) is 0 Å². The molecule has 1 heterocycles. The predicted octanol–water partition coefficient (Wildman–Crippen LogP) is 3.79. The van der Waals surface area contributed by atoms with Gasteiger partial charge in [-0.25, -0.2) is 0 Å². The lowest BCUT2D eigenvalue weighted by Gasteiger charge is -2.23. The van der Waals surface area contributed by atoms with E-state index in [9.17, 15) is 0 Å². The van der Waals surface area contributed by atoms with E-state index in [4.69, 9.17) is 5.10 Å². The molecule has 0 aliphatic heterocycles. The first-order valence-electron chi connectivity index (χ1n) is 8.35. The number of aromatic nitrogens is 2. The van der Waals surface area contributed by atoms with Crippen molar-refractivity contribution in [2.24, 2.45) is 5.92 Å². The van der Waals surface area contributed by atoms with Gasteiger partial charge in [-0.05, 0) is 57.7 Å². The number of aryl methyl sites for hydroxylation is 1. The second-order valence-corrected chi connectivity index (χ2v) is 6.73. The molecule has 0 aromatic carbocycles. The Morgan fingerprint density at radius 1 is 1.20 bits per heavy atom. The van der Waals surface area contributed by atoms with Gasteiger partial charge in [-0.1, -0.05) is 33.1 Å². The Hall–Kier alpha value is -0.830. The molecule has 3 heteroatoms. The summed E-state index contributed by atoms with van der Waals surface area (Å²) in [6, 6.07) is 0.653. The highest BCUT2D eigenvalue weighted by Gasteiger charge is 2.20. The zero-order valence-electron chi connectivity index (χ0n) is 13.7. The van der Waals surface area contributed by atoms with Crippen molar-refractivity contribution in [3.63, 3.8) is 0 Å². The Morgan fingerprint density at radius 2 is 1.90 bits per heavy atom. The minimum absolute atomic E-state index is 0.653. The van der Waals surface area contributed by atoms with Crippen LogP contribution in [-0.4, -0.2) is 22.9 Å². The normalized spacial score (nSPS) is 17.1. The zero-order chi connectivity index (χ0) is 14.5. The summed E-state index contributed by atoms with van der Waals surface area (Å²) in [5.41, 5.74) is 4.10. The molecular weight excluding hydrogens is 246 g/mol. The van der Waals surface area contributed by atoms with Crippen LogP contribution in [0.25, 0.3) is 0 Å². The number of nitrogens with zero attached hydrogens (tertiary/aromatic N) is 2. The van der Waals surface area contributed by atoms with Crippen molar-refractivity contribution >= 4 is 0 Å². The molecule has 1 aromatic rings. The lowest BCUT2D eigenvalue weighted by Crippen LogP contribution is -2.22. The highest BCUT2D eigenvalue weighted by molar-refractivity contribution is 5.25. The summed E-state index contributed by atoms with van der Waals surface area (Å²) in [6.07, 6.45) is 7.88. The van der Waals surface area contributed by atoms with Crippen molar-refractivity contribution in [1.82, 2.24) is 15.1 Å². The van der Waals surface area contributed by atoms with E-state index in [1.165, 1.54) is 49.1 Å². The Kier molecular flexibility index (Phi) is 5.64. The van der Waals surface area contributed by atoms with Crippen LogP contribution in [0.5, 0.6) is 0 Å². The fraction of sp³-hybridized carbons (Fsp3) is 0.824. The summed E-state index contributed by atoms with van der Waals surface area (Å²) in [7, 11) is 0. The van der Waals surface area contributed by atoms with E-state index in [0.717, 1.165) is 25.4 Å². The first kappa shape index (κ1) is 15.6. The molecule has 1 fully saturated rings. The summed E-state index contributed by atoms with van der Waals surface area (Å²) >= 11 is 0. The molecule has 0 radical (unpaired) electrons. The summed E-state index contributed by atoms with van der Waals surface area (Å²) in [6.45, 7) is 11.1. The minimum Gasteiger partial charge on any atom is -0.316 e. The van der Waals surface area contributed by atoms with Crippen LogP contribution >= 0.6 is 0 Å². The summed E-state index contributed by atoms with van der Waals surface area (Å²) < 4.78 is 2.33. The second kappa shape index (κ2) is 7.26. The van der Waals surface area contributed by atoms with Crippen molar-refractivity contribution in [3.8, 4) is 0 Å². The van der Waals surface area contributed by atoms with Gasteiger partial charge >= 0.3 is 0 Å². The molecule has 1 aliphatic rings. The molecule has 1 aromatic heterocycles. The molecule has 1 saturated carbocycles. The van der Waals surface area contributed by atoms with Crippen LogP contribution in [0.2, 0.25) is 0 Å². The molecule has 0 unspecified atom stereocenters. The first-order valence-corrected chi connectivity index (χ1v) is 8.35. The van der Waals surface area contributed by atoms with Crippen molar-refractivity contribution in [2.45, 2.75) is 72.3 Å². The van der Waals surface area contributed by atoms with Crippen molar-refractivity contribution in [2.75, 3.05) is 13.1 Å². The third kappa shape index (κ3) is 3.85. The molecule has 0 spiro atoms. The average molecular weight is 277 g/mol. The molecule has 1 aliphatic carbocycles. The molecule has 0 atom stereocenters. The van der Waals surface area contributed by atoms with Gasteiger partial charge in [0.05, 0.1) is 11.7 Å². The zero-order valence-corrected chi connectivity index (χ0v) is 13.7. The van der Waals surface area contributed by atoms with E-state index in [1.807, 2.05) is 0 Å². The topological polar surface area (TPSA) is 29.9 Å². The molecule has 0 amide bonds. The Morgan fingerprint density at radius 3 is 2.55 bits per heavy atom. The molecule has 1 N–H and O–H groups in total. The lowest BCUT2D eigenvalue weighted by atomic mass is 9.95. The number of nitrogens with one attached hydrogen (secondary N) is 1. The fourth-order valence-corrected chi connectivity index (χ4v) is 3.34. The van der Waals surface area contributed by atoms with Crippen LogP contribution < -0.4 is 5.32 Å². The largest absolute Gasteiger partial charge is 0.316 e. The maximum atomic E-state index is 4.84. The molecule has 3 nitrogen and oxygen atoms in total. The quantitative estimate of drug-likeness (QED) is 0.802. The van der Waals surface area contributed by atoms with E-state index in [1.54, 1.807) is 0 Å². The summed E-state index contributed by atoms with van der Waals surface area (Å²) in [5.74, 6) is 0.724. The van der Waals surface area contributed by atoms with Gasteiger partial charge in [0.25, 0.3) is 0 Å². The Bertz CT molecular complexity index is 414. The lowest BCUT2D eigenvalue weighted by molar-refractivity contribution is 0.324. The van der Waals surface area contributed by atoms with Crippen LogP contribution in [-0.2, 0) is 6.42 Å². The first-order chi connectivity index (χ1) is 9.59. The number of hydrogen-bond donors (Lipinski definition) is 1. The Labute approximate surface area is 124 Å². The van der Waals surface area contributed by atoms with Gasteiger partial charge in [-0.3, -0.25) is 4.68 Å². The summed E-state index contributed by atoms with van der Waals surface area (Å²) in [4.78, 5) is 0. The highest BCUT2D eigenvalue weighted by atomic mass is 15.3. The van der Waals surface area contributed by atoms with Gasteiger partial charge in [-0.15, -0.1) is 0 Å². The number of rotatable bonds is 6. The van der Waals surface area contributed by atoms with E-state index in [0.29, 0.717) is 6.04 Å². The fourth-order valence-electron chi connectivity index (χ4n) is 3.34. The molecule has 0 saturated heterocycles. The van der Waals surface area contributed by atoms with Crippen LogP contribution in [0.4, 0.5) is 0 Å². The van der Waals surface area contributed by atoms with E-state index in [2.05, 4.69) is 37.7 Å². The van der Waals surface area contributed by atoms with Crippen molar-refractivity contribution < 1.29 is 0 Å². The van der Waals surface area contributed by atoms with Gasteiger partial charge in [0.15, 0.2) is 0 Å². The van der Waals surface area contributed by atoms with Crippen LogP contribution in [0.15, 0.2) is 0 Å². The molecule has 0 bridgehead atoms. The minimum atomic E-state index is 0.653. The van der Waals surface area contributed by atoms with E-state index in [-0.39, 0.29) is 0 Å². The van der Waals surface area contributed by atoms with Crippen LogP contribution in [0, 0.1) is 19.8 Å². The average Bonchev–Trinajstić information content (AvgIpc) is 2.71. The van der Waals surface area contributed by atoms with E-state index >= 15 is 0 Å². The SMILES string of the molecule is Cc1nn(C2CCCCC2)c(C)c1CCNCC(C)C. The standard InChI is InChI=1S/C17H31N3/c1-13(2)12-18-11-10-17-14(3)19-20(15(17)4)16-8-6-5-7-9-16/h13,16,18H,5-12H2,1-4H3. The third-order valence-electron chi connectivity index (χ3n) is 4.50. The highest BCUT2D eigenvalue weighted by Crippen LogP contribution is 2.30.